The van der Waals surface area contributed by atoms with Crippen molar-refractivity contribution in [1.29, 1.82) is 0 Å². The highest BCUT2D eigenvalue weighted by atomic mass is 28.3. The second-order valence-electron chi connectivity index (χ2n) is 5.94. The largest absolute Gasteiger partial charge is 0.524 e. The van der Waals surface area contributed by atoms with Gasteiger partial charge in [0.1, 0.15) is 6.10 Å². The zero-order valence-electron chi connectivity index (χ0n) is 12.3. The molecule has 19 heavy (non-hydrogen) atoms. The molecule has 0 heterocycles. The molecular formula is C16H28O2Si. The van der Waals surface area contributed by atoms with Gasteiger partial charge in [-0.3, -0.25) is 0 Å². The Kier molecular flexibility index (Phi) is 5.68. The Morgan fingerprint density at radius 1 is 1.16 bits per heavy atom. The summed E-state index contributed by atoms with van der Waals surface area (Å²) in [7, 11) is -1.35. The molecule has 1 atom stereocenters. The van der Waals surface area contributed by atoms with Crippen LogP contribution < -0.4 is 0 Å². The van der Waals surface area contributed by atoms with E-state index >= 15 is 0 Å². The van der Waals surface area contributed by atoms with Crippen LogP contribution in [0.25, 0.3) is 0 Å². The van der Waals surface area contributed by atoms with Gasteiger partial charge in [0, 0.05) is 0 Å². The van der Waals surface area contributed by atoms with E-state index in [2.05, 4.69) is 12.8 Å². The monoisotopic (exact) mass is 280 g/mol. The minimum atomic E-state index is -1.35. The molecule has 2 saturated carbocycles. The first-order valence-electron chi connectivity index (χ1n) is 7.89. The Hall–Kier alpha value is -0.573. The van der Waals surface area contributed by atoms with Crippen LogP contribution in [-0.4, -0.2) is 27.8 Å². The van der Waals surface area contributed by atoms with Crippen molar-refractivity contribution in [2.45, 2.75) is 64.4 Å². The van der Waals surface area contributed by atoms with Crippen LogP contribution in [0.2, 0.25) is 0 Å². The van der Waals surface area contributed by atoms with E-state index in [0.717, 1.165) is 0 Å². The Labute approximate surface area is 119 Å². The van der Waals surface area contributed by atoms with E-state index in [-0.39, 0.29) is 6.10 Å². The van der Waals surface area contributed by atoms with E-state index in [9.17, 15) is 0 Å². The van der Waals surface area contributed by atoms with Crippen LogP contribution in [0.1, 0.15) is 58.3 Å². The fourth-order valence-electron chi connectivity index (χ4n) is 3.26. The third kappa shape index (κ3) is 3.94. The number of hydrogen-bond acceptors (Lipinski definition) is 2. The zero-order chi connectivity index (χ0) is 13.7. The summed E-state index contributed by atoms with van der Waals surface area (Å²) in [5.74, 6) is 1.35. The molecule has 2 fully saturated rings. The maximum Gasteiger partial charge on any atom is 0.472 e. The third-order valence-corrected chi connectivity index (χ3v) is 5.76. The van der Waals surface area contributed by atoms with Gasteiger partial charge in [0.15, 0.2) is 0 Å². The summed E-state index contributed by atoms with van der Waals surface area (Å²) in [6.45, 7) is 7.11. The maximum absolute atomic E-state index is 6.18. The molecular weight excluding hydrogens is 252 g/mol. The normalized spacial score (nSPS) is 22.4. The highest BCUT2D eigenvalue weighted by Crippen LogP contribution is 2.39. The molecule has 0 aromatic carbocycles. The summed E-state index contributed by atoms with van der Waals surface area (Å²) in [6, 6.07) is 0. The van der Waals surface area contributed by atoms with Crippen LogP contribution in [0.5, 0.6) is 0 Å². The summed E-state index contributed by atoms with van der Waals surface area (Å²) in [5, 5.41) is 0. The van der Waals surface area contributed by atoms with Gasteiger partial charge in [-0.15, -0.1) is 0 Å². The van der Waals surface area contributed by atoms with Crippen LogP contribution in [0.15, 0.2) is 12.2 Å². The van der Waals surface area contributed by atoms with Crippen LogP contribution in [0.4, 0.5) is 0 Å². The van der Waals surface area contributed by atoms with Gasteiger partial charge in [-0.2, -0.15) is 0 Å². The van der Waals surface area contributed by atoms with Crippen molar-refractivity contribution in [2.24, 2.45) is 11.8 Å². The minimum Gasteiger partial charge on any atom is -0.524 e. The molecule has 0 bridgehead atoms. The van der Waals surface area contributed by atoms with Crippen molar-refractivity contribution in [3.05, 3.63) is 12.2 Å². The van der Waals surface area contributed by atoms with Crippen molar-refractivity contribution in [2.75, 3.05) is 6.61 Å². The van der Waals surface area contributed by atoms with Gasteiger partial charge in [0.25, 0.3) is 0 Å². The molecule has 0 radical (unpaired) electrons. The lowest BCUT2D eigenvalue weighted by atomic mass is 9.73. The zero-order valence-corrected chi connectivity index (χ0v) is 13.3. The van der Waals surface area contributed by atoms with E-state index in [1.54, 1.807) is 0 Å². The fourth-order valence-corrected chi connectivity index (χ4v) is 4.28. The van der Waals surface area contributed by atoms with Crippen molar-refractivity contribution < 1.29 is 8.85 Å². The topological polar surface area (TPSA) is 18.5 Å². The second-order valence-corrected chi connectivity index (χ2v) is 7.21. The smallest absolute Gasteiger partial charge is 0.472 e. The molecule has 2 rings (SSSR count). The van der Waals surface area contributed by atoms with Crippen LogP contribution in [0, 0.1) is 11.8 Å². The predicted octanol–water partition coefficient (Wildman–Crippen LogP) is 3.85. The van der Waals surface area contributed by atoms with Crippen LogP contribution >= 0.6 is 0 Å². The molecule has 108 valence electrons. The summed E-state index contributed by atoms with van der Waals surface area (Å²) in [6.07, 6.45) is 14.9. The van der Waals surface area contributed by atoms with Crippen molar-refractivity contribution >= 4 is 15.1 Å². The minimum absolute atomic E-state index is 0.217. The highest BCUT2D eigenvalue weighted by Gasteiger charge is 2.34. The first kappa shape index (κ1) is 14.8. The molecule has 2 aliphatic rings. The first-order chi connectivity index (χ1) is 9.22. The van der Waals surface area contributed by atoms with Gasteiger partial charge in [-0.1, -0.05) is 32.3 Å². The predicted molar refractivity (Wildman–Crippen MR) is 82.4 cm³/mol. The number of hydrogen-bond donors (Lipinski definition) is 0. The SMILES string of the molecule is C=C(C1CCCCC1)C(O[Si](=C)OCC)C1CCC1. The molecule has 0 amide bonds. The molecule has 0 saturated heterocycles. The quantitative estimate of drug-likeness (QED) is 0.521. The maximum atomic E-state index is 6.18. The lowest BCUT2D eigenvalue weighted by Gasteiger charge is -2.38. The average molecular weight is 280 g/mol. The molecule has 3 heteroatoms. The molecule has 0 aliphatic heterocycles. The third-order valence-electron chi connectivity index (χ3n) is 4.64. The van der Waals surface area contributed by atoms with Crippen molar-refractivity contribution in [1.82, 2.24) is 0 Å². The summed E-state index contributed by atoms with van der Waals surface area (Å²) in [4.78, 5) is 0. The van der Waals surface area contributed by atoms with Gasteiger partial charge in [-0.05, 0) is 56.2 Å². The molecule has 2 nitrogen and oxygen atoms in total. The van der Waals surface area contributed by atoms with E-state index < -0.39 is 8.90 Å². The molecule has 2 aliphatic carbocycles. The first-order valence-corrected chi connectivity index (χ1v) is 9.41. The number of rotatable bonds is 7. The molecule has 0 N–H and O–H groups in total. The van der Waals surface area contributed by atoms with Gasteiger partial charge in [0.05, 0.1) is 6.61 Å². The van der Waals surface area contributed by atoms with Crippen LogP contribution in [0.3, 0.4) is 0 Å². The van der Waals surface area contributed by atoms with Crippen molar-refractivity contribution in [3.63, 3.8) is 0 Å². The fraction of sp³-hybridized carbons (Fsp3) is 0.812. The summed E-state index contributed by atoms with van der Waals surface area (Å²) < 4.78 is 11.7. The molecule has 0 spiro atoms. The summed E-state index contributed by atoms with van der Waals surface area (Å²) >= 11 is 0. The van der Waals surface area contributed by atoms with E-state index in [0.29, 0.717) is 18.4 Å². The van der Waals surface area contributed by atoms with E-state index in [1.807, 2.05) is 6.92 Å². The van der Waals surface area contributed by atoms with Crippen molar-refractivity contribution in [3.8, 4) is 0 Å². The molecule has 0 aromatic heterocycles. The van der Waals surface area contributed by atoms with Crippen LogP contribution in [-0.2, 0) is 8.85 Å². The standard InChI is InChI=1S/C16H28O2Si/c1-4-17-19(3)18-16(15-11-8-12-15)13(2)14-9-6-5-7-10-14/h14-16H,2-12H2,1H3. The molecule has 0 aromatic rings. The van der Waals surface area contributed by atoms with Gasteiger partial charge in [0.2, 0.25) is 0 Å². The molecule has 1 unspecified atom stereocenters. The Morgan fingerprint density at radius 2 is 1.84 bits per heavy atom. The lowest BCUT2D eigenvalue weighted by Crippen LogP contribution is -2.37. The Balaban J connectivity index is 1.95. The Morgan fingerprint density at radius 3 is 2.37 bits per heavy atom. The Bertz CT molecular complexity index is 317. The average Bonchev–Trinajstić information content (AvgIpc) is 2.36. The van der Waals surface area contributed by atoms with Gasteiger partial charge >= 0.3 is 8.90 Å². The summed E-state index contributed by atoms with van der Waals surface area (Å²) in [5.41, 5.74) is 1.34. The lowest BCUT2D eigenvalue weighted by molar-refractivity contribution is 0.0796. The highest BCUT2D eigenvalue weighted by molar-refractivity contribution is 6.49. The van der Waals surface area contributed by atoms with E-state index in [1.165, 1.54) is 56.9 Å². The van der Waals surface area contributed by atoms with Gasteiger partial charge < -0.3 is 8.85 Å². The van der Waals surface area contributed by atoms with Gasteiger partial charge in [-0.25, -0.2) is 0 Å². The van der Waals surface area contributed by atoms with E-state index in [4.69, 9.17) is 8.85 Å². The second kappa shape index (κ2) is 7.27.